The zero-order valence-electron chi connectivity index (χ0n) is 6.25. The molecule has 1 aromatic carbocycles. The van der Waals surface area contributed by atoms with Gasteiger partial charge in [-0.1, -0.05) is 0 Å². The molecule has 2 rings (SSSR count). The Morgan fingerprint density at radius 3 is 3.17 bits per heavy atom. The average Bonchev–Trinajstić information content (AvgIpc) is 2.03. The predicted octanol–water partition coefficient (Wildman–Crippen LogP) is 1.21. The maximum atomic E-state index is 12.7. The molecule has 0 aliphatic carbocycles. The van der Waals surface area contributed by atoms with Crippen molar-refractivity contribution in [3.63, 3.8) is 0 Å². The number of nitrogens with zero attached hydrogens (tertiary/aromatic N) is 1. The van der Waals surface area contributed by atoms with Crippen molar-refractivity contribution in [3.05, 3.63) is 24.0 Å². The minimum absolute atomic E-state index is 0.276. The molecule has 1 aliphatic rings. The molecule has 0 amide bonds. The first-order chi connectivity index (χ1) is 5.75. The number of ether oxygens (including phenoxy) is 1. The van der Waals surface area contributed by atoms with E-state index in [4.69, 9.17) is 10.5 Å². The van der Waals surface area contributed by atoms with Crippen LogP contribution in [-0.2, 0) is 0 Å². The summed E-state index contributed by atoms with van der Waals surface area (Å²) < 4.78 is 17.8. The minimum Gasteiger partial charge on any atom is -0.483 e. The highest BCUT2D eigenvalue weighted by molar-refractivity contribution is 5.87. The van der Waals surface area contributed by atoms with E-state index in [0.717, 1.165) is 0 Å². The van der Waals surface area contributed by atoms with Gasteiger partial charge in [0.2, 0.25) is 0 Å². The van der Waals surface area contributed by atoms with Crippen LogP contribution in [0, 0.1) is 5.82 Å². The second-order valence-electron chi connectivity index (χ2n) is 2.50. The SMILES string of the molecule is NC1=Nc2cc(F)ccc2OC1. The normalized spacial score (nSPS) is 14.6. The maximum Gasteiger partial charge on any atom is 0.145 e. The molecule has 62 valence electrons. The Hall–Kier alpha value is -1.58. The lowest BCUT2D eigenvalue weighted by atomic mass is 10.2. The van der Waals surface area contributed by atoms with E-state index in [1.807, 2.05) is 0 Å². The third kappa shape index (κ3) is 1.11. The topological polar surface area (TPSA) is 47.6 Å². The molecule has 0 saturated carbocycles. The second-order valence-corrected chi connectivity index (χ2v) is 2.50. The third-order valence-corrected chi connectivity index (χ3v) is 1.56. The van der Waals surface area contributed by atoms with Crippen LogP contribution < -0.4 is 10.5 Å². The summed E-state index contributed by atoms with van der Waals surface area (Å²) in [5, 5.41) is 0. The fraction of sp³-hybridized carbons (Fsp3) is 0.125. The monoisotopic (exact) mass is 166 g/mol. The molecular formula is C8H7FN2O. The summed E-state index contributed by atoms with van der Waals surface area (Å²) in [6.45, 7) is 0.276. The van der Waals surface area contributed by atoms with Crippen LogP contribution in [0.1, 0.15) is 0 Å². The van der Waals surface area contributed by atoms with Gasteiger partial charge in [-0.15, -0.1) is 0 Å². The quantitative estimate of drug-likeness (QED) is 0.629. The van der Waals surface area contributed by atoms with Crippen LogP contribution in [0.5, 0.6) is 5.75 Å². The molecule has 0 unspecified atom stereocenters. The van der Waals surface area contributed by atoms with Crippen molar-refractivity contribution >= 4 is 11.5 Å². The molecule has 1 aromatic rings. The first-order valence-corrected chi connectivity index (χ1v) is 3.51. The van der Waals surface area contributed by atoms with Crippen LogP contribution in [0.2, 0.25) is 0 Å². The van der Waals surface area contributed by atoms with Gasteiger partial charge >= 0.3 is 0 Å². The minimum atomic E-state index is -0.337. The molecule has 0 bridgehead atoms. The van der Waals surface area contributed by atoms with Gasteiger partial charge in [0, 0.05) is 6.07 Å². The standard InChI is InChI=1S/C8H7FN2O/c9-5-1-2-7-6(3-5)11-8(10)4-12-7/h1-3H,4H2,(H2,10,11). The van der Waals surface area contributed by atoms with Crippen LogP contribution in [0.4, 0.5) is 10.1 Å². The molecule has 2 N–H and O–H groups in total. The van der Waals surface area contributed by atoms with E-state index in [1.165, 1.54) is 12.1 Å². The molecular weight excluding hydrogens is 159 g/mol. The number of hydrogen-bond acceptors (Lipinski definition) is 3. The molecule has 0 spiro atoms. The first kappa shape index (κ1) is 7.09. The van der Waals surface area contributed by atoms with Gasteiger partial charge in [-0.2, -0.15) is 0 Å². The van der Waals surface area contributed by atoms with Gasteiger partial charge in [0.15, 0.2) is 0 Å². The van der Waals surface area contributed by atoms with Crippen molar-refractivity contribution in [2.45, 2.75) is 0 Å². The van der Waals surface area contributed by atoms with Crippen LogP contribution in [-0.4, -0.2) is 12.4 Å². The largest absolute Gasteiger partial charge is 0.483 e. The fourth-order valence-electron chi connectivity index (χ4n) is 1.04. The van der Waals surface area contributed by atoms with E-state index in [1.54, 1.807) is 6.07 Å². The Morgan fingerprint density at radius 2 is 2.33 bits per heavy atom. The number of aliphatic imine (C=N–C) groups is 1. The smallest absolute Gasteiger partial charge is 0.145 e. The van der Waals surface area contributed by atoms with E-state index < -0.39 is 0 Å². The number of benzene rings is 1. The Morgan fingerprint density at radius 1 is 1.50 bits per heavy atom. The van der Waals surface area contributed by atoms with E-state index >= 15 is 0 Å². The predicted molar refractivity (Wildman–Crippen MR) is 43.2 cm³/mol. The highest BCUT2D eigenvalue weighted by atomic mass is 19.1. The van der Waals surface area contributed by atoms with Gasteiger partial charge in [0.05, 0.1) is 0 Å². The molecule has 0 fully saturated rings. The van der Waals surface area contributed by atoms with Crippen LogP contribution in [0.15, 0.2) is 23.2 Å². The molecule has 0 atom stereocenters. The summed E-state index contributed by atoms with van der Waals surface area (Å²) in [4.78, 5) is 3.94. The summed E-state index contributed by atoms with van der Waals surface area (Å²) in [6, 6.07) is 4.16. The summed E-state index contributed by atoms with van der Waals surface area (Å²) in [7, 11) is 0. The molecule has 1 aliphatic heterocycles. The molecule has 12 heavy (non-hydrogen) atoms. The molecule has 3 nitrogen and oxygen atoms in total. The Balaban J connectivity index is 2.53. The lowest BCUT2D eigenvalue weighted by molar-refractivity contribution is 0.370. The molecule has 4 heteroatoms. The van der Waals surface area contributed by atoms with E-state index in [9.17, 15) is 4.39 Å². The van der Waals surface area contributed by atoms with Crippen LogP contribution in [0.25, 0.3) is 0 Å². The summed E-state index contributed by atoms with van der Waals surface area (Å²) in [5.41, 5.74) is 5.86. The van der Waals surface area contributed by atoms with Gasteiger partial charge < -0.3 is 10.5 Å². The van der Waals surface area contributed by atoms with Gasteiger partial charge in [-0.25, -0.2) is 9.38 Å². The first-order valence-electron chi connectivity index (χ1n) is 3.51. The molecule has 0 aromatic heterocycles. The van der Waals surface area contributed by atoms with Gasteiger partial charge in [0.1, 0.15) is 29.7 Å². The number of rotatable bonds is 0. The van der Waals surface area contributed by atoms with Crippen molar-refractivity contribution < 1.29 is 9.13 Å². The van der Waals surface area contributed by atoms with E-state index in [0.29, 0.717) is 17.3 Å². The highest BCUT2D eigenvalue weighted by Crippen LogP contribution is 2.30. The summed E-state index contributed by atoms with van der Waals surface area (Å²) >= 11 is 0. The van der Waals surface area contributed by atoms with Crippen molar-refractivity contribution in [3.8, 4) is 5.75 Å². The number of amidine groups is 1. The van der Waals surface area contributed by atoms with Crippen molar-refractivity contribution in [2.24, 2.45) is 10.7 Å². The fourth-order valence-corrected chi connectivity index (χ4v) is 1.04. The average molecular weight is 166 g/mol. The number of nitrogens with two attached hydrogens (primary N) is 1. The van der Waals surface area contributed by atoms with Crippen LogP contribution in [0.3, 0.4) is 0 Å². The molecule has 0 radical (unpaired) electrons. The van der Waals surface area contributed by atoms with E-state index in [2.05, 4.69) is 4.99 Å². The zero-order chi connectivity index (χ0) is 8.55. The summed E-state index contributed by atoms with van der Waals surface area (Å²) in [6.07, 6.45) is 0. The number of halogens is 1. The van der Waals surface area contributed by atoms with Gasteiger partial charge in [0.25, 0.3) is 0 Å². The second kappa shape index (κ2) is 2.48. The lowest BCUT2D eigenvalue weighted by Gasteiger charge is -2.13. The Bertz CT molecular complexity index is 349. The van der Waals surface area contributed by atoms with Gasteiger partial charge in [-0.3, -0.25) is 0 Å². The zero-order valence-corrected chi connectivity index (χ0v) is 6.25. The Labute approximate surface area is 68.7 Å². The van der Waals surface area contributed by atoms with Crippen molar-refractivity contribution in [1.82, 2.24) is 0 Å². The molecule has 1 heterocycles. The lowest BCUT2D eigenvalue weighted by Crippen LogP contribution is -2.23. The van der Waals surface area contributed by atoms with Crippen molar-refractivity contribution in [1.29, 1.82) is 0 Å². The Kier molecular flexibility index (Phi) is 1.46. The third-order valence-electron chi connectivity index (χ3n) is 1.56. The number of fused-ring (bicyclic) bond motifs is 1. The van der Waals surface area contributed by atoms with Crippen LogP contribution >= 0.6 is 0 Å². The van der Waals surface area contributed by atoms with Gasteiger partial charge in [-0.05, 0) is 12.1 Å². The highest BCUT2D eigenvalue weighted by Gasteiger charge is 2.10. The number of hydrogen-bond donors (Lipinski definition) is 1. The maximum absolute atomic E-state index is 12.7. The summed E-state index contributed by atoms with van der Waals surface area (Å²) in [5.74, 6) is 0.606. The van der Waals surface area contributed by atoms with Crippen molar-refractivity contribution in [2.75, 3.05) is 6.61 Å². The van der Waals surface area contributed by atoms with E-state index in [-0.39, 0.29) is 12.4 Å². The molecule has 0 saturated heterocycles.